The first-order chi connectivity index (χ1) is 9.85. The van der Waals surface area contributed by atoms with Gasteiger partial charge in [-0.1, -0.05) is 67.6 Å². The van der Waals surface area contributed by atoms with Crippen molar-refractivity contribution in [2.45, 2.75) is 19.4 Å². The van der Waals surface area contributed by atoms with Crippen LogP contribution in [-0.2, 0) is 6.42 Å². The summed E-state index contributed by atoms with van der Waals surface area (Å²) in [6.45, 7) is 4.14. The van der Waals surface area contributed by atoms with Gasteiger partial charge in [0.25, 0.3) is 0 Å². The average molecular weight is 288 g/mol. The van der Waals surface area contributed by atoms with Gasteiger partial charge in [-0.15, -0.1) is 11.6 Å². The van der Waals surface area contributed by atoms with Crippen LogP contribution in [0.2, 0.25) is 0 Å². The van der Waals surface area contributed by atoms with E-state index < -0.39 is 0 Å². The maximum absolute atomic E-state index is 5.97. The molecule has 0 bridgehead atoms. The molecule has 0 saturated carbocycles. The molecule has 0 N–H and O–H groups in total. The number of alkyl halides is 1. The molecule has 0 unspecified atom stereocenters. The highest BCUT2D eigenvalue weighted by Crippen LogP contribution is 2.25. The number of nitrogens with zero attached hydrogens (tertiary/aromatic N) is 1. The summed E-state index contributed by atoms with van der Waals surface area (Å²) in [6, 6.07) is 21.8. The van der Waals surface area contributed by atoms with E-state index in [1.54, 1.807) is 0 Å². The van der Waals surface area contributed by atoms with Gasteiger partial charge in [-0.05, 0) is 24.1 Å². The van der Waals surface area contributed by atoms with E-state index in [-0.39, 0.29) is 0 Å². The van der Waals surface area contributed by atoms with Gasteiger partial charge < -0.3 is 0 Å². The second-order valence-corrected chi connectivity index (χ2v) is 5.31. The number of likely N-dealkylation sites (N-methyl/N-ethyl adjacent to an activating group) is 1. The zero-order valence-electron chi connectivity index (χ0n) is 12.0. The third kappa shape index (κ3) is 4.09. The molecule has 0 heterocycles. The van der Waals surface area contributed by atoms with Crippen LogP contribution < -0.4 is 0 Å². The molecule has 0 spiro atoms. The minimum atomic E-state index is 0.391. The molecular formula is C18H22ClN. The summed E-state index contributed by atoms with van der Waals surface area (Å²) < 4.78 is 0. The molecule has 106 valence electrons. The van der Waals surface area contributed by atoms with E-state index in [1.165, 1.54) is 11.1 Å². The van der Waals surface area contributed by atoms with Gasteiger partial charge >= 0.3 is 0 Å². The second kappa shape index (κ2) is 8.08. The van der Waals surface area contributed by atoms with Crippen molar-refractivity contribution in [3.05, 3.63) is 71.8 Å². The highest BCUT2D eigenvalue weighted by atomic mass is 35.5. The van der Waals surface area contributed by atoms with E-state index >= 15 is 0 Å². The molecule has 2 heteroatoms. The van der Waals surface area contributed by atoms with Crippen LogP contribution in [0.25, 0.3) is 0 Å². The first-order valence-corrected chi connectivity index (χ1v) is 7.77. The normalized spacial score (nSPS) is 12.6. The van der Waals surface area contributed by atoms with Crippen molar-refractivity contribution >= 4 is 11.6 Å². The Labute approximate surface area is 127 Å². The highest BCUT2D eigenvalue weighted by Gasteiger charge is 2.18. The summed E-state index contributed by atoms with van der Waals surface area (Å²) in [5.41, 5.74) is 2.73. The van der Waals surface area contributed by atoms with E-state index in [2.05, 4.69) is 72.5 Å². The van der Waals surface area contributed by atoms with Crippen molar-refractivity contribution < 1.29 is 0 Å². The summed E-state index contributed by atoms with van der Waals surface area (Å²) >= 11 is 5.97. The van der Waals surface area contributed by atoms with E-state index in [0.29, 0.717) is 11.9 Å². The predicted molar refractivity (Wildman–Crippen MR) is 87.3 cm³/mol. The summed E-state index contributed by atoms with van der Waals surface area (Å²) in [6.07, 6.45) is 1.02. The van der Waals surface area contributed by atoms with Gasteiger partial charge in [0, 0.05) is 18.5 Å². The lowest BCUT2D eigenvalue weighted by Crippen LogP contribution is -2.31. The zero-order chi connectivity index (χ0) is 14.2. The molecule has 0 aliphatic rings. The molecule has 2 rings (SSSR count). The molecule has 1 nitrogen and oxygen atoms in total. The molecule has 0 fully saturated rings. The monoisotopic (exact) mass is 287 g/mol. The first kappa shape index (κ1) is 15.1. The minimum absolute atomic E-state index is 0.391. The van der Waals surface area contributed by atoms with Gasteiger partial charge in [-0.25, -0.2) is 0 Å². The van der Waals surface area contributed by atoms with Gasteiger partial charge in [0.15, 0.2) is 0 Å². The van der Waals surface area contributed by atoms with Crippen LogP contribution >= 0.6 is 11.6 Å². The molecule has 0 aliphatic carbocycles. The Kier molecular flexibility index (Phi) is 6.10. The van der Waals surface area contributed by atoms with Crippen molar-refractivity contribution in [2.24, 2.45) is 0 Å². The maximum atomic E-state index is 5.97. The number of hydrogen-bond donors (Lipinski definition) is 0. The van der Waals surface area contributed by atoms with Crippen LogP contribution in [-0.4, -0.2) is 23.9 Å². The molecule has 0 saturated heterocycles. The Hall–Kier alpha value is -1.31. The highest BCUT2D eigenvalue weighted by molar-refractivity contribution is 6.18. The first-order valence-electron chi connectivity index (χ1n) is 7.24. The van der Waals surface area contributed by atoms with Crippen molar-refractivity contribution in [3.8, 4) is 0 Å². The number of halogens is 1. The lowest BCUT2D eigenvalue weighted by atomic mass is 9.97. The fourth-order valence-electron chi connectivity index (χ4n) is 2.61. The quantitative estimate of drug-likeness (QED) is 0.676. The van der Waals surface area contributed by atoms with Crippen LogP contribution in [0.3, 0.4) is 0 Å². The Morgan fingerprint density at radius 1 is 0.950 bits per heavy atom. The van der Waals surface area contributed by atoms with Crippen LogP contribution in [0, 0.1) is 0 Å². The zero-order valence-corrected chi connectivity index (χ0v) is 12.8. The standard InChI is InChI=1S/C18H22ClN/c1-2-20(14-13-19)18(17-11-7-4-8-12-17)15-16-9-5-3-6-10-16/h3-12,18H,2,13-15H2,1H3/t18-/m0/s1. The second-order valence-electron chi connectivity index (χ2n) is 4.93. The summed E-state index contributed by atoms with van der Waals surface area (Å²) in [4.78, 5) is 2.45. The Morgan fingerprint density at radius 2 is 1.55 bits per heavy atom. The van der Waals surface area contributed by atoms with E-state index in [0.717, 1.165) is 19.5 Å². The minimum Gasteiger partial charge on any atom is -0.295 e. The largest absolute Gasteiger partial charge is 0.295 e. The van der Waals surface area contributed by atoms with Crippen LogP contribution in [0.5, 0.6) is 0 Å². The smallest absolute Gasteiger partial charge is 0.0388 e. The van der Waals surface area contributed by atoms with E-state index in [9.17, 15) is 0 Å². The summed E-state index contributed by atoms with van der Waals surface area (Å²) in [5, 5.41) is 0. The van der Waals surface area contributed by atoms with Gasteiger partial charge in [-0.2, -0.15) is 0 Å². The van der Waals surface area contributed by atoms with Crippen LogP contribution in [0.15, 0.2) is 60.7 Å². The Bertz CT molecular complexity index is 483. The van der Waals surface area contributed by atoms with Gasteiger partial charge in [-0.3, -0.25) is 4.90 Å². The SMILES string of the molecule is CCN(CCCl)[C@@H](Cc1ccccc1)c1ccccc1. The Balaban J connectivity index is 2.24. The van der Waals surface area contributed by atoms with Crippen molar-refractivity contribution in [3.63, 3.8) is 0 Å². The number of rotatable bonds is 7. The van der Waals surface area contributed by atoms with Gasteiger partial charge in [0.1, 0.15) is 0 Å². The molecule has 2 aromatic carbocycles. The summed E-state index contributed by atoms with van der Waals surface area (Å²) in [5.74, 6) is 0.673. The number of hydrogen-bond acceptors (Lipinski definition) is 1. The molecular weight excluding hydrogens is 266 g/mol. The maximum Gasteiger partial charge on any atom is 0.0388 e. The topological polar surface area (TPSA) is 3.24 Å². The lowest BCUT2D eigenvalue weighted by molar-refractivity contribution is 0.219. The third-order valence-corrected chi connectivity index (χ3v) is 3.84. The van der Waals surface area contributed by atoms with Crippen molar-refractivity contribution in [2.75, 3.05) is 19.0 Å². The predicted octanol–water partition coefficient (Wildman–Crippen LogP) is 4.53. The molecule has 1 atom stereocenters. The summed E-state index contributed by atoms with van der Waals surface area (Å²) in [7, 11) is 0. The van der Waals surface area contributed by atoms with Crippen molar-refractivity contribution in [1.82, 2.24) is 4.90 Å². The van der Waals surface area contributed by atoms with Crippen molar-refractivity contribution in [1.29, 1.82) is 0 Å². The van der Waals surface area contributed by atoms with E-state index in [4.69, 9.17) is 11.6 Å². The Morgan fingerprint density at radius 3 is 2.10 bits per heavy atom. The van der Waals surface area contributed by atoms with Gasteiger partial charge in [0.05, 0.1) is 0 Å². The van der Waals surface area contributed by atoms with E-state index in [1.807, 2.05) is 0 Å². The molecule has 20 heavy (non-hydrogen) atoms. The van der Waals surface area contributed by atoms with Crippen LogP contribution in [0.4, 0.5) is 0 Å². The molecule has 0 aromatic heterocycles. The fraction of sp³-hybridized carbons (Fsp3) is 0.333. The molecule has 0 amide bonds. The molecule has 2 aromatic rings. The third-order valence-electron chi connectivity index (χ3n) is 3.67. The molecule has 0 radical (unpaired) electrons. The van der Waals surface area contributed by atoms with Gasteiger partial charge in [0.2, 0.25) is 0 Å². The lowest BCUT2D eigenvalue weighted by Gasteiger charge is -2.31. The van der Waals surface area contributed by atoms with Crippen LogP contribution in [0.1, 0.15) is 24.1 Å². The number of benzene rings is 2. The fourth-order valence-corrected chi connectivity index (χ4v) is 2.83. The average Bonchev–Trinajstić information content (AvgIpc) is 2.52. The molecule has 0 aliphatic heterocycles.